The number of nitrogens with one attached hydrogen (secondary N) is 2. The van der Waals surface area contributed by atoms with E-state index in [1.165, 1.54) is 0 Å². The molecule has 0 saturated carbocycles. The first-order chi connectivity index (χ1) is 14.9. The highest BCUT2D eigenvalue weighted by atomic mass is 16.5. The summed E-state index contributed by atoms with van der Waals surface area (Å²) in [5.41, 5.74) is 2.55. The molecule has 0 spiro atoms. The molecule has 7 nitrogen and oxygen atoms in total. The van der Waals surface area contributed by atoms with Crippen LogP contribution in [0.25, 0.3) is 0 Å². The van der Waals surface area contributed by atoms with Gasteiger partial charge in [-0.25, -0.2) is 9.59 Å². The zero-order valence-corrected chi connectivity index (χ0v) is 18.2. The lowest BCUT2D eigenvalue weighted by atomic mass is 9.95. The van der Waals surface area contributed by atoms with Crippen LogP contribution in [-0.2, 0) is 16.1 Å². The number of esters is 1. The van der Waals surface area contributed by atoms with Crippen LogP contribution in [0.1, 0.15) is 44.9 Å². The summed E-state index contributed by atoms with van der Waals surface area (Å²) >= 11 is 0. The van der Waals surface area contributed by atoms with E-state index in [4.69, 9.17) is 14.2 Å². The maximum Gasteiger partial charge on any atom is 0.338 e. The highest BCUT2D eigenvalue weighted by molar-refractivity contribution is 5.95. The summed E-state index contributed by atoms with van der Waals surface area (Å²) in [6, 6.07) is 14.2. The predicted octanol–water partition coefficient (Wildman–Crippen LogP) is 4.24. The molecule has 2 aromatic carbocycles. The summed E-state index contributed by atoms with van der Waals surface area (Å²) in [7, 11) is 0. The van der Waals surface area contributed by atoms with Crippen molar-refractivity contribution < 1.29 is 23.8 Å². The Morgan fingerprint density at radius 2 is 1.81 bits per heavy atom. The normalized spacial score (nSPS) is 15.9. The van der Waals surface area contributed by atoms with Crippen molar-refractivity contribution in [3.63, 3.8) is 0 Å². The number of hydrogen-bond donors (Lipinski definition) is 2. The van der Waals surface area contributed by atoms with Gasteiger partial charge in [-0.05, 0) is 51.0 Å². The SMILES string of the molecule is CCOc1cc(C2NC(=O)NC(C)=C2C(=O)OC(C)C)ccc1OCc1ccccc1. The Labute approximate surface area is 182 Å². The van der Waals surface area contributed by atoms with Crippen molar-refractivity contribution in [1.82, 2.24) is 10.6 Å². The topological polar surface area (TPSA) is 85.9 Å². The Hall–Kier alpha value is -3.48. The highest BCUT2D eigenvalue weighted by Crippen LogP contribution is 2.35. The molecule has 1 aliphatic rings. The molecule has 1 atom stereocenters. The third kappa shape index (κ3) is 5.57. The summed E-state index contributed by atoms with van der Waals surface area (Å²) in [6.07, 6.45) is -0.279. The van der Waals surface area contributed by atoms with Gasteiger partial charge in [-0.3, -0.25) is 0 Å². The first kappa shape index (κ1) is 22.2. The Balaban J connectivity index is 1.91. The third-order valence-corrected chi connectivity index (χ3v) is 4.67. The molecule has 2 aromatic rings. The van der Waals surface area contributed by atoms with Gasteiger partial charge >= 0.3 is 12.0 Å². The minimum absolute atomic E-state index is 0.279. The van der Waals surface area contributed by atoms with Gasteiger partial charge < -0.3 is 24.8 Å². The number of urea groups is 1. The summed E-state index contributed by atoms with van der Waals surface area (Å²) in [5, 5.41) is 5.45. The van der Waals surface area contributed by atoms with Crippen LogP contribution >= 0.6 is 0 Å². The smallest absolute Gasteiger partial charge is 0.338 e. The molecule has 0 aliphatic carbocycles. The van der Waals surface area contributed by atoms with E-state index in [-0.39, 0.29) is 12.1 Å². The number of carbonyl (C=O) groups is 2. The molecule has 0 saturated heterocycles. The van der Waals surface area contributed by atoms with Gasteiger partial charge in [0, 0.05) is 5.70 Å². The van der Waals surface area contributed by atoms with E-state index in [1.807, 2.05) is 43.3 Å². The van der Waals surface area contributed by atoms with Gasteiger partial charge in [0.05, 0.1) is 24.3 Å². The Kier molecular flexibility index (Phi) is 7.18. The number of amides is 2. The molecule has 164 valence electrons. The molecule has 2 N–H and O–H groups in total. The van der Waals surface area contributed by atoms with Crippen molar-refractivity contribution >= 4 is 12.0 Å². The number of benzene rings is 2. The zero-order chi connectivity index (χ0) is 22.4. The second-order valence-corrected chi connectivity index (χ2v) is 7.44. The van der Waals surface area contributed by atoms with Gasteiger partial charge in [0.15, 0.2) is 11.5 Å². The largest absolute Gasteiger partial charge is 0.490 e. The van der Waals surface area contributed by atoms with Gasteiger partial charge in [0.25, 0.3) is 0 Å². The van der Waals surface area contributed by atoms with Crippen molar-refractivity contribution in [3.05, 3.63) is 70.9 Å². The fourth-order valence-corrected chi connectivity index (χ4v) is 3.32. The van der Waals surface area contributed by atoms with E-state index in [2.05, 4.69) is 10.6 Å². The van der Waals surface area contributed by atoms with Gasteiger partial charge in [0.1, 0.15) is 6.61 Å². The maximum absolute atomic E-state index is 12.7. The lowest BCUT2D eigenvalue weighted by Gasteiger charge is -2.29. The molecule has 0 aromatic heterocycles. The van der Waals surface area contributed by atoms with E-state index in [9.17, 15) is 9.59 Å². The Bertz CT molecular complexity index is 969. The molecule has 7 heteroatoms. The zero-order valence-electron chi connectivity index (χ0n) is 18.2. The Morgan fingerprint density at radius 1 is 1.06 bits per heavy atom. The fourth-order valence-electron chi connectivity index (χ4n) is 3.32. The average molecular weight is 424 g/mol. The number of carbonyl (C=O) groups excluding carboxylic acids is 2. The molecule has 3 rings (SSSR count). The molecule has 1 aliphatic heterocycles. The molecule has 2 amide bonds. The summed E-state index contributed by atoms with van der Waals surface area (Å²) in [6.45, 7) is 7.97. The van der Waals surface area contributed by atoms with E-state index in [0.29, 0.717) is 41.5 Å². The molecule has 1 heterocycles. The van der Waals surface area contributed by atoms with Crippen LogP contribution in [0.5, 0.6) is 11.5 Å². The van der Waals surface area contributed by atoms with Crippen LogP contribution in [0.4, 0.5) is 4.79 Å². The molecule has 1 unspecified atom stereocenters. The molecule has 0 radical (unpaired) electrons. The van der Waals surface area contributed by atoms with E-state index < -0.39 is 12.0 Å². The minimum atomic E-state index is -0.664. The van der Waals surface area contributed by atoms with Crippen molar-refractivity contribution in [3.8, 4) is 11.5 Å². The summed E-state index contributed by atoms with van der Waals surface area (Å²) in [5.74, 6) is 0.645. The highest BCUT2D eigenvalue weighted by Gasteiger charge is 2.33. The Morgan fingerprint density at radius 3 is 2.48 bits per heavy atom. The molecular formula is C24H28N2O5. The number of hydrogen-bond acceptors (Lipinski definition) is 5. The van der Waals surface area contributed by atoms with Crippen LogP contribution in [0, 0.1) is 0 Å². The van der Waals surface area contributed by atoms with Gasteiger partial charge in [-0.2, -0.15) is 0 Å². The number of rotatable bonds is 8. The standard InChI is InChI=1S/C24H28N2O5/c1-5-29-20-13-18(11-12-19(20)30-14-17-9-7-6-8-10-17)22-21(23(27)31-15(2)3)16(4)25-24(28)26-22/h6-13,15,22H,5,14H2,1-4H3,(H2,25,26,28). The van der Waals surface area contributed by atoms with Crippen molar-refractivity contribution in [2.75, 3.05) is 6.61 Å². The predicted molar refractivity (Wildman–Crippen MR) is 117 cm³/mol. The lowest BCUT2D eigenvalue weighted by Crippen LogP contribution is -2.45. The van der Waals surface area contributed by atoms with Gasteiger partial charge in [-0.1, -0.05) is 36.4 Å². The van der Waals surface area contributed by atoms with E-state index >= 15 is 0 Å². The second-order valence-electron chi connectivity index (χ2n) is 7.44. The average Bonchev–Trinajstić information content (AvgIpc) is 2.72. The third-order valence-electron chi connectivity index (χ3n) is 4.67. The lowest BCUT2D eigenvalue weighted by molar-refractivity contribution is -0.143. The van der Waals surface area contributed by atoms with E-state index in [1.54, 1.807) is 32.9 Å². The van der Waals surface area contributed by atoms with E-state index in [0.717, 1.165) is 5.56 Å². The second kappa shape index (κ2) is 10.0. The van der Waals surface area contributed by atoms with Crippen LogP contribution in [-0.4, -0.2) is 24.7 Å². The van der Waals surface area contributed by atoms with Crippen LogP contribution < -0.4 is 20.1 Å². The van der Waals surface area contributed by atoms with Crippen LogP contribution in [0.2, 0.25) is 0 Å². The van der Waals surface area contributed by atoms with Gasteiger partial charge in [0.2, 0.25) is 0 Å². The van der Waals surface area contributed by atoms with Crippen molar-refractivity contribution in [2.24, 2.45) is 0 Å². The fraction of sp³-hybridized carbons (Fsp3) is 0.333. The van der Waals surface area contributed by atoms with Gasteiger partial charge in [-0.15, -0.1) is 0 Å². The first-order valence-electron chi connectivity index (χ1n) is 10.3. The molecular weight excluding hydrogens is 396 g/mol. The summed E-state index contributed by atoms with van der Waals surface area (Å²) < 4.78 is 17.1. The first-order valence-corrected chi connectivity index (χ1v) is 10.3. The summed E-state index contributed by atoms with van der Waals surface area (Å²) in [4.78, 5) is 24.8. The van der Waals surface area contributed by atoms with Crippen LogP contribution in [0.15, 0.2) is 59.8 Å². The minimum Gasteiger partial charge on any atom is -0.490 e. The molecule has 31 heavy (non-hydrogen) atoms. The maximum atomic E-state index is 12.7. The monoisotopic (exact) mass is 424 g/mol. The molecule has 0 fully saturated rings. The number of ether oxygens (including phenoxy) is 3. The van der Waals surface area contributed by atoms with Crippen molar-refractivity contribution in [2.45, 2.75) is 46.4 Å². The van der Waals surface area contributed by atoms with Crippen molar-refractivity contribution in [1.29, 1.82) is 0 Å². The van der Waals surface area contributed by atoms with Crippen LogP contribution in [0.3, 0.4) is 0 Å². The quantitative estimate of drug-likeness (QED) is 0.619. The number of allylic oxidation sites excluding steroid dienone is 1. The molecule has 0 bridgehead atoms.